The number of rotatable bonds is 3. The van der Waals surface area contributed by atoms with Gasteiger partial charge in [0.25, 0.3) is 5.91 Å². The van der Waals surface area contributed by atoms with Crippen LogP contribution in [0.5, 0.6) is 5.75 Å². The van der Waals surface area contributed by atoms with Gasteiger partial charge in [0.15, 0.2) is 6.61 Å². The van der Waals surface area contributed by atoms with Crippen LogP contribution < -0.4 is 15.0 Å². The topological polar surface area (TPSA) is 74.4 Å². The summed E-state index contributed by atoms with van der Waals surface area (Å²) in [5.74, 6) is -0.0542. The van der Waals surface area contributed by atoms with Crippen molar-refractivity contribution in [3.8, 4) is 5.75 Å². The summed E-state index contributed by atoms with van der Waals surface area (Å²) in [6.45, 7) is -0.214. The summed E-state index contributed by atoms with van der Waals surface area (Å²) in [6, 6.07) is 12.5. The van der Waals surface area contributed by atoms with Crippen molar-refractivity contribution in [2.45, 2.75) is 0 Å². The Hall–Kier alpha value is -2.99. The van der Waals surface area contributed by atoms with Crippen LogP contribution >= 0.6 is 11.6 Å². The third kappa shape index (κ3) is 3.04. The number of carbonyl (C=O) groups excluding carboxylic acids is 2. The maximum Gasteiger partial charge on any atom is 0.265 e. The Kier molecular flexibility index (Phi) is 3.82. The van der Waals surface area contributed by atoms with Gasteiger partial charge in [0.1, 0.15) is 12.3 Å². The number of fused-ring (bicyclic) bond motifs is 2. The second kappa shape index (κ2) is 6.14. The van der Waals surface area contributed by atoms with E-state index < -0.39 is 0 Å². The minimum absolute atomic E-state index is 0.101. The lowest BCUT2D eigenvalue weighted by Crippen LogP contribution is -2.43. The number of anilines is 2. The van der Waals surface area contributed by atoms with Crippen LogP contribution in [0.4, 0.5) is 11.4 Å². The van der Waals surface area contributed by atoms with Crippen molar-refractivity contribution >= 4 is 45.7 Å². The van der Waals surface area contributed by atoms with Crippen LogP contribution in [0.1, 0.15) is 0 Å². The molecule has 6 nitrogen and oxygen atoms in total. The molecule has 0 atom stereocenters. The Morgan fingerprint density at radius 1 is 1.24 bits per heavy atom. The average Bonchev–Trinajstić information content (AvgIpc) is 3.05. The van der Waals surface area contributed by atoms with E-state index in [2.05, 4.69) is 10.3 Å². The maximum absolute atomic E-state index is 12.4. The van der Waals surface area contributed by atoms with Crippen LogP contribution in [-0.4, -0.2) is 29.9 Å². The molecule has 1 aromatic heterocycles. The van der Waals surface area contributed by atoms with Crippen molar-refractivity contribution in [1.82, 2.24) is 4.98 Å². The summed E-state index contributed by atoms with van der Waals surface area (Å²) < 4.78 is 5.37. The number of carbonyl (C=O) groups is 2. The molecule has 0 aliphatic carbocycles. The Labute approximate surface area is 148 Å². The number of H-pyrrole nitrogens is 1. The fourth-order valence-corrected chi connectivity index (χ4v) is 2.98. The predicted molar refractivity (Wildman–Crippen MR) is 96.2 cm³/mol. The van der Waals surface area contributed by atoms with E-state index in [1.807, 2.05) is 30.5 Å². The zero-order chi connectivity index (χ0) is 17.4. The highest BCUT2D eigenvalue weighted by molar-refractivity contribution is 6.31. The second-order valence-electron chi connectivity index (χ2n) is 5.71. The van der Waals surface area contributed by atoms with Crippen LogP contribution in [0, 0.1) is 0 Å². The molecule has 1 aliphatic heterocycles. The van der Waals surface area contributed by atoms with E-state index in [-0.39, 0.29) is 25.0 Å². The lowest BCUT2D eigenvalue weighted by atomic mass is 10.2. The number of nitrogens with one attached hydrogen (secondary N) is 2. The molecular weight excluding hydrogens is 342 g/mol. The molecule has 0 bridgehead atoms. The van der Waals surface area contributed by atoms with Gasteiger partial charge in [0.2, 0.25) is 5.91 Å². The molecule has 0 spiro atoms. The number of amides is 2. The van der Waals surface area contributed by atoms with Crippen molar-refractivity contribution in [2.24, 2.45) is 0 Å². The van der Waals surface area contributed by atoms with E-state index >= 15 is 0 Å². The zero-order valence-electron chi connectivity index (χ0n) is 13.1. The summed E-state index contributed by atoms with van der Waals surface area (Å²) in [4.78, 5) is 29.1. The van der Waals surface area contributed by atoms with Gasteiger partial charge >= 0.3 is 0 Å². The molecule has 0 fully saturated rings. The van der Waals surface area contributed by atoms with Crippen molar-refractivity contribution in [3.63, 3.8) is 0 Å². The van der Waals surface area contributed by atoms with Gasteiger partial charge in [-0.15, -0.1) is 0 Å². The lowest BCUT2D eigenvalue weighted by molar-refractivity contribution is -0.123. The molecule has 0 unspecified atom stereocenters. The van der Waals surface area contributed by atoms with Crippen LogP contribution in [-0.2, 0) is 9.59 Å². The summed E-state index contributed by atoms with van der Waals surface area (Å²) in [7, 11) is 0. The third-order valence-electron chi connectivity index (χ3n) is 4.00. The second-order valence-corrected chi connectivity index (χ2v) is 6.14. The standard InChI is InChI=1S/C18H14ClN3O3/c19-12-2-4-16-15(7-12)22(18(24)10-25-16)9-17(23)21-13-3-1-11-5-6-20-14(11)8-13/h1-8,20H,9-10H2,(H,21,23). The van der Waals surface area contributed by atoms with Crippen LogP contribution in [0.25, 0.3) is 10.9 Å². The van der Waals surface area contributed by atoms with Gasteiger partial charge in [-0.3, -0.25) is 14.5 Å². The summed E-state index contributed by atoms with van der Waals surface area (Å²) in [6.07, 6.45) is 1.84. The number of hydrogen-bond donors (Lipinski definition) is 2. The molecule has 0 radical (unpaired) electrons. The Balaban J connectivity index is 1.54. The third-order valence-corrected chi connectivity index (χ3v) is 4.24. The summed E-state index contributed by atoms with van der Waals surface area (Å²) in [5.41, 5.74) is 2.09. The van der Waals surface area contributed by atoms with E-state index in [1.165, 1.54) is 4.90 Å². The van der Waals surface area contributed by atoms with Gasteiger partial charge in [0.05, 0.1) is 5.69 Å². The number of halogens is 1. The molecule has 4 rings (SSSR count). The Morgan fingerprint density at radius 3 is 3.00 bits per heavy atom. The van der Waals surface area contributed by atoms with Gasteiger partial charge < -0.3 is 15.0 Å². The predicted octanol–water partition coefficient (Wildman–Crippen LogP) is 3.19. The average molecular weight is 356 g/mol. The van der Waals surface area contributed by atoms with E-state index in [0.717, 1.165) is 10.9 Å². The molecule has 2 heterocycles. The minimum Gasteiger partial charge on any atom is -0.482 e. The Morgan fingerprint density at radius 2 is 2.12 bits per heavy atom. The van der Waals surface area contributed by atoms with E-state index in [1.54, 1.807) is 18.2 Å². The molecule has 25 heavy (non-hydrogen) atoms. The molecular formula is C18H14ClN3O3. The highest BCUT2D eigenvalue weighted by Crippen LogP contribution is 2.34. The normalized spacial score (nSPS) is 13.5. The molecule has 3 aromatic rings. The molecule has 2 aromatic carbocycles. The van der Waals surface area contributed by atoms with Gasteiger partial charge in [-0.05, 0) is 41.8 Å². The first-order chi connectivity index (χ1) is 12.1. The number of aromatic nitrogens is 1. The molecule has 2 amide bonds. The molecule has 126 valence electrons. The quantitative estimate of drug-likeness (QED) is 0.757. The van der Waals surface area contributed by atoms with E-state index in [0.29, 0.717) is 22.1 Å². The van der Waals surface area contributed by atoms with Crippen LogP contribution in [0.15, 0.2) is 48.7 Å². The maximum atomic E-state index is 12.4. The first-order valence-corrected chi connectivity index (χ1v) is 8.08. The molecule has 1 aliphatic rings. The molecule has 0 saturated carbocycles. The number of benzene rings is 2. The van der Waals surface area contributed by atoms with Gasteiger partial charge in [-0.1, -0.05) is 17.7 Å². The zero-order valence-corrected chi connectivity index (χ0v) is 13.8. The number of hydrogen-bond acceptors (Lipinski definition) is 3. The monoisotopic (exact) mass is 355 g/mol. The highest BCUT2D eigenvalue weighted by Gasteiger charge is 2.27. The Bertz CT molecular complexity index is 983. The summed E-state index contributed by atoms with van der Waals surface area (Å²) in [5, 5.41) is 4.34. The number of nitrogens with zero attached hydrogens (tertiary/aromatic N) is 1. The largest absolute Gasteiger partial charge is 0.482 e. The van der Waals surface area contributed by atoms with Crippen molar-refractivity contribution in [2.75, 3.05) is 23.4 Å². The fraction of sp³-hybridized carbons (Fsp3) is 0.111. The van der Waals surface area contributed by atoms with Gasteiger partial charge in [-0.2, -0.15) is 0 Å². The van der Waals surface area contributed by atoms with E-state index in [9.17, 15) is 9.59 Å². The minimum atomic E-state index is -0.299. The van der Waals surface area contributed by atoms with Crippen molar-refractivity contribution in [3.05, 3.63) is 53.7 Å². The number of aromatic amines is 1. The van der Waals surface area contributed by atoms with Crippen molar-refractivity contribution < 1.29 is 14.3 Å². The molecule has 0 saturated heterocycles. The first-order valence-electron chi connectivity index (χ1n) is 7.70. The van der Waals surface area contributed by atoms with Crippen LogP contribution in [0.3, 0.4) is 0 Å². The lowest BCUT2D eigenvalue weighted by Gasteiger charge is -2.29. The highest BCUT2D eigenvalue weighted by atomic mass is 35.5. The van der Waals surface area contributed by atoms with Crippen LogP contribution in [0.2, 0.25) is 5.02 Å². The SMILES string of the molecule is O=C(CN1C(=O)COc2ccc(Cl)cc21)Nc1ccc2cc[nH]c2c1. The number of ether oxygens (including phenoxy) is 1. The first kappa shape index (κ1) is 15.5. The fourth-order valence-electron chi connectivity index (χ4n) is 2.82. The molecule has 2 N–H and O–H groups in total. The van der Waals surface area contributed by atoms with Crippen molar-refractivity contribution in [1.29, 1.82) is 0 Å². The summed E-state index contributed by atoms with van der Waals surface area (Å²) >= 11 is 6.00. The van der Waals surface area contributed by atoms with Gasteiger partial charge in [0, 0.05) is 22.4 Å². The van der Waals surface area contributed by atoms with E-state index in [4.69, 9.17) is 16.3 Å². The smallest absolute Gasteiger partial charge is 0.265 e. The van der Waals surface area contributed by atoms with Gasteiger partial charge in [-0.25, -0.2) is 0 Å². The molecule has 7 heteroatoms.